The lowest BCUT2D eigenvalue weighted by molar-refractivity contribution is 0.0991. The van der Waals surface area contributed by atoms with Gasteiger partial charge in [-0.1, -0.05) is 29.8 Å². The molecule has 0 radical (unpaired) electrons. The van der Waals surface area contributed by atoms with E-state index in [1.54, 1.807) is 42.7 Å². The Morgan fingerprint density at radius 2 is 1.91 bits per heavy atom. The molecule has 3 heterocycles. The fourth-order valence-electron chi connectivity index (χ4n) is 3.96. The third-order valence-corrected chi connectivity index (χ3v) is 5.89. The molecule has 1 aliphatic heterocycles. The second-order valence-electron chi connectivity index (χ2n) is 7.82. The number of halogens is 3. The van der Waals surface area contributed by atoms with Crippen molar-refractivity contribution in [3.63, 3.8) is 0 Å². The molecule has 5 rings (SSSR count). The first-order valence-corrected chi connectivity index (χ1v) is 10.9. The molecule has 34 heavy (non-hydrogen) atoms. The Morgan fingerprint density at radius 1 is 1.03 bits per heavy atom. The van der Waals surface area contributed by atoms with Crippen LogP contribution in [0.1, 0.15) is 32.9 Å². The highest BCUT2D eigenvalue weighted by atomic mass is 35.5. The van der Waals surface area contributed by atoms with E-state index < -0.39 is 11.6 Å². The number of nitrogens with zero attached hydrogens (tertiary/aromatic N) is 4. The first-order chi connectivity index (χ1) is 16.5. The van der Waals surface area contributed by atoms with Gasteiger partial charge in [0.05, 0.1) is 11.4 Å². The lowest BCUT2D eigenvalue weighted by atomic mass is 9.96. The van der Waals surface area contributed by atoms with Crippen LogP contribution in [0, 0.1) is 11.6 Å². The van der Waals surface area contributed by atoms with Gasteiger partial charge in [0.2, 0.25) is 0 Å². The lowest BCUT2D eigenvalue weighted by Gasteiger charge is -2.13. The van der Waals surface area contributed by atoms with Crippen LogP contribution in [0.3, 0.4) is 0 Å². The summed E-state index contributed by atoms with van der Waals surface area (Å²) in [7, 11) is 0. The molecular formula is C26H17ClF2N4O. The smallest absolute Gasteiger partial charge is 0.167 e. The number of carbonyl (C=O) groups excluding carboxylic acids is 1. The molecule has 0 aliphatic carbocycles. The van der Waals surface area contributed by atoms with Gasteiger partial charge in [0.15, 0.2) is 5.78 Å². The number of hydrogen-bond acceptors (Lipinski definition) is 5. The molecule has 0 saturated carbocycles. The number of aliphatic imine (C=N–C) groups is 1. The number of rotatable bonds is 6. The summed E-state index contributed by atoms with van der Waals surface area (Å²) in [5.74, 6) is -1.79. The van der Waals surface area contributed by atoms with Crippen LogP contribution in [0.2, 0.25) is 5.02 Å². The molecule has 2 aromatic heterocycles. The van der Waals surface area contributed by atoms with Gasteiger partial charge >= 0.3 is 0 Å². The summed E-state index contributed by atoms with van der Waals surface area (Å²) >= 11 is 5.96. The predicted octanol–water partition coefficient (Wildman–Crippen LogP) is 5.74. The molecule has 8 heteroatoms. The Morgan fingerprint density at radius 3 is 2.76 bits per heavy atom. The normalized spacial score (nSPS) is 12.1. The summed E-state index contributed by atoms with van der Waals surface area (Å²) in [6.07, 6.45) is 5.03. The number of benzene rings is 2. The molecule has 0 saturated heterocycles. The highest BCUT2D eigenvalue weighted by molar-refractivity contribution is 6.31. The van der Waals surface area contributed by atoms with Gasteiger partial charge in [-0.2, -0.15) is 0 Å². The predicted molar refractivity (Wildman–Crippen MR) is 126 cm³/mol. The molecular weight excluding hydrogens is 458 g/mol. The molecule has 0 N–H and O–H groups in total. The molecule has 4 aromatic rings. The zero-order chi connectivity index (χ0) is 23.7. The van der Waals surface area contributed by atoms with E-state index in [4.69, 9.17) is 11.6 Å². The van der Waals surface area contributed by atoms with E-state index in [1.165, 1.54) is 24.5 Å². The van der Waals surface area contributed by atoms with E-state index in [9.17, 15) is 9.18 Å². The van der Waals surface area contributed by atoms with Crippen LogP contribution in [0.5, 0.6) is 0 Å². The summed E-state index contributed by atoms with van der Waals surface area (Å²) in [4.78, 5) is 30.0. The van der Waals surface area contributed by atoms with Crippen molar-refractivity contribution in [3.8, 4) is 11.3 Å². The van der Waals surface area contributed by atoms with Gasteiger partial charge in [-0.05, 0) is 35.9 Å². The van der Waals surface area contributed by atoms with Gasteiger partial charge in [0.1, 0.15) is 29.3 Å². The van der Waals surface area contributed by atoms with Gasteiger partial charge < -0.3 is 0 Å². The van der Waals surface area contributed by atoms with E-state index >= 15 is 4.39 Å². The van der Waals surface area contributed by atoms with Crippen LogP contribution in [-0.4, -0.2) is 26.9 Å². The van der Waals surface area contributed by atoms with Crippen molar-refractivity contribution in [2.75, 3.05) is 0 Å². The van der Waals surface area contributed by atoms with E-state index in [0.717, 1.165) is 5.69 Å². The van der Waals surface area contributed by atoms with Crippen LogP contribution in [0.25, 0.3) is 11.3 Å². The van der Waals surface area contributed by atoms with Crippen LogP contribution in [-0.2, 0) is 19.3 Å². The van der Waals surface area contributed by atoms with E-state index in [2.05, 4.69) is 19.9 Å². The average molecular weight is 475 g/mol. The molecule has 168 valence electrons. The van der Waals surface area contributed by atoms with Crippen molar-refractivity contribution in [1.29, 1.82) is 0 Å². The lowest BCUT2D eigenvalue weighted by Crippen LogP contribution is -2.09. The number of carbonyl (C=O) groups is 1. The maximum atomic E-state index is 15.4. The number of hydrogen-bond donors (Lipinski definition) is 0. The zero-order valence-electron chi connectivity index (χ0n) is 17.8. The number of ketones is 1. The SMILES string of the molecule is O=C(Cc1ccc(F)c(Cc2ncccc2-c2ncnc3c2N=CC3)c1F)c1cccc(Cl)c1. The molecule has 0 amide bonds. The van der Waals surface area contributed by atoms with E-state index in [-0.39, 0.29) is 29.8 Å². The minimum Gasteiger partial charge on any atom is -0.294 e. The minimum absolute atomic E-state index is 0.103. The largest absolute Gasteiger partial charge is 0.294 e. The van der Waals surface area contributed by atoms with Crippen molar-refractivity contribution >= 4 is 29.3 Å². The second-order valence-corrected chi connectivity index (χ2v) is 8.25. The van der Waals surface area contributed by atoms with Crippen molar-refractivity contribution in [3.05, 3.63) is 106 Å². The van der Waals surface area contributed by atoms with E-state index in [1.807, 2.05) is 0 Å². The van der Waals surface area contributed by atoms with Crippen molar-refractivity contribution in [2.24, 2.45) is 4.99 Å². The number of pyridine rings is 1. The maximum Gasteiger partial charge on any atom is 0.167 e. The molecule has 1 aliphatic rings. The fourth-order valence-corrected chi connectivity index (χ4v) is 4.15. The van der Waals surface area contributed by atoms with Gasteiger partial charge in [-0.25, -0.2) is 18.7 Å². The van der Waals surface area contributed by atoms with Crippen molar-refractivity contribution in [2.45, 2.75) is 19.3 Å². The molecule has 0 atom stereocenters. The summed E-state index contributed by atoms with van der Waals surface area (Å²) < 4.78 is 30.2. The fraction of sp³-hybridized carbons (Fsp3) is 0.115. The van der Waals surface area contributed by atoms with Crippen LogP contribution >= 0.6 is 11.6 Å². The summed E-state index contributed by atoms with van der Waals surface area (Å²) in [6.45, 7) is 0. The van der Waals surface area contributed by atoms with Crippen molar-refractivity contribution < 1.29 is 13.6 Å². The maximum absolute atomic E-state index is 15.4. The zero-order valence-corrected chi connectivity index (χ0v) is 18.6. The summed E-state index contributed by atoms with van der Waals surface area (Å²) in [6, 6.07) is 12.4. The first kappa shape index (κ1) is 22.0. The third-order valence-electron chi connectivity index (χ3n) is 5.66. The number of fused-ring (bicyclic) bond motifs is 1. The Hall–Kier alpha value is -3.84. The van der Waals surface area contributed by atoms with Gasteiger partial charge in [0, 0.05) is 53.4 Å². The average Bonchev–Trinajstić information content (AvgIpc) is 3.33. The Balaban J connectivity index is 1.49. The summed E-state index contributed by atoms with van der Waals surface area (Å²) in [5, 5.41) is 0.411. The van der Waals surface area contributed by atoms with Crippen LogP contribution in [0.15, 0.2) is 66.0 Å². The third kappa shape index (κ3) is 4.22. The van der Waals surface area contributed by atoms with Gasteiger partial charge in [-0.3, -0.25) is 14.8 Å². The van der Waals surface area contributed by atoms with Crippen molar-refractivity contribution in [1.82, 2.24) is 15.0 Å². The standard InChI is InChI=1S/C26H17ClF2N4O/c27-17-4-1-3-15(11-17)23(34)12-16-6-7-20(28)19(24(16)29)13-22-18(5-2-9-30-22)25-26-21(8-10-31-26)32-14-33-25/h1-7,9-11,14H,8,12-13H2. The monoisotopic (exact) mass is 474 g/mol. The second kappa shape index (κ2) is 9.19. The molecule has 0 fully saturated rings. The molecule has 0 unspecified atom stereocenters. The highest BCUT2D eigenvalue weighted by Gasteiger charge is 2.22. The van der Waals surface area contributed by atoms with E-state index in [0.29, 0.717) is 39.6 Å². The Kier molecular flexibility index (Phi) is 5.94. The molecule has 2 aromatic carbocycles. The Labute approximate surface area is 199 Å². The summed E-state index contributed by atoms with van der Waals surface area (Å²) in [5.41, 5.74) is 3.37. The molecule has 5 nitrogen and oxygen atoms in total. The van der Waals surface area contributed by atoms with Gasteiger partial charge in [0.25, 0.3) is 0 Å². The first-order valence-electron chi connectivity index (χ1n) is 10.6. The van der Waals surface area contributed by atoms with Gasteiger partial charge in [-0.15, -0.1) is 0 Å². The Bertz CT molecular complexity index is 1450. The quantitative estimate of drug-likeness (QED) is 0.334. The minimum atomic E-state index is -0.766. The van der Waals surface area contributed by atoms with Crippen LogP contribution < -0.4 is 0 Å². The molecule has 0 spiro atoms. The topological polar surface area (TPSA) is 68.1 Å². The van der Waals surface area contributed by atoms with Crippen LogP contribution in [0.4, 0.5) is 14.5 Å². The number of Topliss-reactive ketones (excluding diaryl/α,β-unsaturated/α-hetero) is 1. The molecule has 0 bridgehead atoms. The highest BCUT2D eigenvalue weighted by Crippen LogP contribution is 2.35. The number of aromatic nitrogens is 3.